The Kier molecular flexibility index (Phi) is 5.25. The second kappa shape index (κ2) is 6.12. The molecule has 0 aliphatic heterocycles. The number of amides is 1. The summed E-state index contributed by atoms with van der Waals surface area (Å²) in [6.07, 6.45) is 0.535. The van der Waals surface area contributed by atoms with Crippen LogP contribution in [0.5, 0.6) is 0 Å². The summed E-state index contributed by atoms with van der Waals surface area (Å²) in [6.45, 7) is 4.83. The number of nitrogens with one attached hydrogen (secondary N) is 2. The smallest absolute Gasteiger partial charge is 0.270 e. The van der Waals surface area contributed by atoms with Gasteiger partial charge in [0.05, 0.1) is 0 Å². The Morgan fingerprint density at radius 3 is 2.58 bits per heavy atom. The van der Waals surface area contributed by atoms with Gasteiger partial charge in [0.25, 0.3) is 10.0 Å². The maximum absolute atomic E-state index is 12.1. The molecule has 1 rings (SSSR count). The molecule has 0 aromatic carbocycles. The molecule has 1 aromatic rings. The molecule has 0 radical (unpaired) electrons. The van der Waals surface area contributed by atoms with Gasteiger partial charge in [-0.15, -0.1) is 21.8 Å². The van der Waals surface area contributed by atoms with E-state index in [9.17, 15) is 13.2 Å². The minimum atomic E-state index is -3.80. The van der Waals surface area contributed by atoms with Crippen LogP contribution in [0.3, 0.4) is 0 Å². The summed E-state index contributed by atoms with van der Waals surface area (Å²) >= 11 is 6.54. The number of halogens is 1. The summed E-state index contributed by atoms with van der Waals surface area (Å²) in [5, 5.41) is 9.65. The number of aromatic nitrogens is 2. The number of hydrogen-bond acceptors (Lipinski definition) is 6. The molecule has 1 atom stereocenters. The summed E-state index contributed by atoms with van der Waals surface area (Å²) in [7, 11) is -3.80. The lowest BCUT2D eigenvalue weighted by Gasteiger charge is -2.25. The van der Waals surface area contributed by atoms with Crippen molar-refractivity contribution in [1.29, 1.82) is 0 Å². The zero-order valence-corrected chi connectivity index (χ0v) is 13.1. The fourth-order valence-electron chi connectivity index (χ4n) is 1.08. The van der Waals surface area contributed by atoms with Gasteiger partial charge in [-0.2, -0.15) is 0 Å². The highest BCUT2D eigenvalue weighted by molar-refractivity contribution is 7.91. The summed E-state index contributed by atoms with van der Waals surface area (Å²) in [6, 6.07) is 0. The zero-order chi connectivity index (χ0) is 14.7. The van der Waals surface area contributed by atoms with E-state index in [0.29, 0.717) is 6.42 Å². The average molecular weight is 327 g/mol. The predicted molar refractivity (Wildman–Crippen MR) is 74.0 cm³/mol. The van der Waals surface area contributed by atoms with Gasteiger partial charge < -0.3 is 5.32 Å². The predicted octanol–water partition coefficient (Wildman–Crippen LogP) is 1.18. The van der Waals surface area contributed by atoms with Crippen molar-refractivity contribution >= 4 is 44.0 Å². The quantitative estimate of drug-likeness (QED) is 0.604. The van der Waals surface area contributed by atoms with Crippen molar-refractivity contribution in [1.82, 2.24) is 14.9 Å². The minimum Gasteiger partial charge on any atom is -0.301 e. The second-order valence-corrected chi connectivity index (χ2v) is 7.31. The lowest BCUT2D eigenvalue weighted by Crippen LogP contribution is -2.46. The molecule has 19 heavy (non-hydrogen) atoms. The topological polar surface area (TPSA) is 101 Å². The van der Waals surface area contributed by atoms with Crippen molar-refractivity contribution in [2.75, 3.05) is 11.2 Å². The first-order valence-corrected chi connectivity index (χ1v) is 8.27. The molecule has 0 spiro atoms. The monoisotopic (exact) mass is 326 g/mol. The van der Waals surface area contributed by atoms with Crippen LogP contribution < -0.4 is 10.0 Å². The first-order valence-electron chi connectivity index (χ1n) is 5.43. The first-order chi connectivity index (χ1) is 8.72. The molecule has 0 aliphatic rings. The lowest BCUT2D eigenvalue weighted by molar-refractivity contribution is -0.114. The molecular weight excluding hydrogens is 312 g/mol. The molecule has 0 saturated heterocycles. The van der Waals surface area contributed by atoms with Crippen molar-refractivity contribution in [3.63, 3.8) is 0 Å². The summed E-state index contributed by atoms with van der Waals surface area (Å²) in [5.74, 6) is -0.202. The molecule has 1 unspecified atom stereocenters. The SMILES string of the molecule is CCC(C)(CCl)NS(=O)(=O)c1nnc(NC(C)=O)s1. The standard InChI is InChI=1S/C9H15ClN4O3S2/c1-4-9(3,5-10)14-19(16,17)8-13-12-7(18-8)11-6(2)15/h14H,4-5H2,1-3H3,(H,11,12,15). The number of sulfonamides is 1. The van der Waals surface area contributed by atoms with E-state index >= 15 is 0 Å². The highest BCUT2D eigenvalue weighted by atomic mass is 35.5. The molecule has 0 aliphatic carbocycles. The van der Waals surface area contributed by atoms with Crippen LogP contribution in [-0.2, 0) is 14.8 Å². The molecule has 108 valence electrons. The molecule has 0 bridgehead atoms. The van der Waals surface area contributed by atoms with Crippen molar-refractivity contribution < 1.29 is 13.2 Å². The van der Waals surface area contributed by atoms with Crippen LogP contribution >= 0.6 is 22.9 Å². The van der Waals surface area contributed by atoms with Gasteiger partial charge in [0.2, 0.25) is 15.4 Å². The Morgan fingerprint density at radius 1 is 1.47 bits per heavy atom. The van der Waals surface area contributed by atoms with Gasteiger partial charge in [0.1, 0.15) is 0 Å². The van der Waals surface area contributed by atoms with Crippen LogP contribution in [0.1, 0.15) is 27.2 Å². The molecule has 10 heteroatoms. The van der Waals surface area contributed by atoms with E-state index in [1.54, 1.807) is 6.92 Å². The number of nitrogens with zero attached hydrogens (tertiary/aromatic N) is 2. The Labute approximate surface area is 120 Å². The molecule has 7 nitrogen and oxygen atoms in total. The van der Waals surface area contributed by atoms with E-state index in [1.165, 1.54) is 6.92 Å². The molecule has 0 fully saturated rings. The van der Waals surface area contributed by atoms with E-state index in [-0.39, 0.29) is 21.3 Å². The molecular formula is C9H15ClN4O3S2. The van der Waals surface area contributed by atoms with E-state index in [1.807, 2.05) is 6.92 Å². The zero-order valence-electron chi connectivity index (χ0n) is 10.7. The number of carbonyl (C=O) groups is 1. The summed E-state index contributed by atoms with van der Waals surface area (Å²) < 4.78 is 26.5. The number of carbonyl (C=O) groups excluding carboxylic acids is 1. The fourth-order valence-corrected chi connectivity index (χ4v) is 3.84. The Bertz CT molecular complexity index is 554. The third-order valence-electron chi connectivity index (χ3n) is 2.38. The Balaban J connectivity index is 2.95. The van der Waals surface area contributed by atoms with Gasteiger partial charge >= 0.3 is 0 Å². The molecule has 1 aromatic heterocycles. The second-order valence-electron chi connectivity index (χ2n) is 4.21. The third kappa shape index (κ3) is 4.37. The summed E-state index contributed by atoms with van der Waals surface area (Å²) in [5.41, 5.74) is -0.750. The molecule has 1 heterocycles. The average Bonchev–Trinajstić information content (AvgIpc) is 2.76. The van der Waals surface area contributed by atoms with Gasteiger partial charge in [-0.25, -0.2) is 13.1 Å². The number of alkyl halides is 1. The number of rotatable bonds is 6. The first kappa shape index (κ1) is 16.3. The van der Waals surface area contributed by atoms with Crippen LogP contribution in [0.25, 0.3) is 0 Å². The maximum atomic E-state index is 12.1. The Hall–Kier alpha value is -0.770. The van der Waals surface area contributed by atoms with E-state index in [0.717, 1.165) is 11.3 Å². The fraction of sp³-hybridized carbons (Fsp3) is 0.667. The maximum Gasteiger partial charge on any atom is 0.270 e. The highest BCUT2D eigenvalue weighted by Gasteiger charge is 2.30. The minimum absolute atomic E-state index is 0.136. The largest absolute Gasteiger partial charge is 0.301 e. The van der Waals surface area contributed by atoms with Gasteiger partial charge in [0.15, 0.2) is 0 Å². The van der Waals surface area contributed by atoms with Gasteiger partial charge in [0, 0.05) is 18.3 Å². The van der Waals surface area contributed by atoms with Crippen LogP contribution in [-0.4, -0.2) is 35.9 Å². The number of hydrogen-bond donors (Lipinski definition) is 2. The molecule has 2 N–H and O–H groups in total. The van der Waals surface area contributed by atoms with Crippen LogP contribution in [0.4, 0.5) is 5.13 Å². The highest BCUT2D eigenvalue weighted by Crippen LogP contribution is 2.22. The van der Waals surface area contributed by atoms with Gasteiger partial charge in [-0.1, -0.05) is 18.3 Å². The van der Waals surface area contributed by atoms with E-state index in [2.05, 4.69) is 20.2 Å². The van der Waals surface area contributed by atoms with Crippen molar-refractivity contribution in [3.8, 4) is 0 Å². The normalized spacial score (nSPS) is 14.9. The van der Waals surface area contributed by atoms with Gasteiger partial charge in [-0.05, 0) is 13.3 Å². The number of anilines is 1. The van der Waals surface area contributed by atoms with Crippen LogP contribution in [0.15, 0.2) is 4.34 Å². The summed E-state index contributed by atoms with van der Waals surface area (Å²) in [4.78, 5) is 10.8. The molecule has 1 amide bonds. The van der Waals surface area contributed by atoms with Crippen LogP contribution in [0.2, 0.25) is 0 Å². The molecule has 0 saturated carbocycles. The van der Waals surface area contributed by atoms with E-state index < -0.39 is 15.6 Å². The van der Waals surface area contributed by atoms with Crippen molar-refractivity contribution in [2.24, 2.45) is 0 Å². The lowest BCUT2D eigenvalue weighted by atomic mass is 10.0. The third-order valence-corrected chi connectivity index (χ3v) is 5.81. The Morgan fingerprint density at radius 2 is 2.11 bits per heavy atom. The van der Waals surface area contributed by atoms with Crippen LogP contribution in [0, 0.1) is 0 Å². The van der Waals surface area contributed by atoms with Crippen molar-refractivity contribution in [3.05, 3.63) is 0 Å². The van der Waals surface area contributed by atoms with Crippen molar-refractivity contribution in [2.45, 2.75) is 37.1 Å². The van der Waals surface area contributed by atoms with E-state index in [4.69, 9.17) is 11.6 Å². The van der Waals surface area contributed by atoms with Gasteiger partial charge in [-0.3, -0.25) is 4.79 Å².